The van der Waals surface area contributed by atoms with Crippen LogP contribution in [0.2, 0.25) is 0 Å². The highest BCUT2D eigenvalue weighted by Crippen LogP contribution is 2.31. The molecule has 0 bridgehead atoms. The highest BCUT2D eigenvalue weighted by molar-refractivity contribution is 9.10. The fraction of sp³-hybridized carbons (Fsp3) is 0.500. The lowest BCUT2D eigenvalue weighted by Crippen LogP contribution is -2.37. The third-order valence-electron chi connectivity index (χ3n) is 3.67. The van der Waals surface area contributed by atoms with Gasteiger partial charge in [-0.05, 0) is 41.0 Å². The van der Waals surface area contributed by atoms with Gasteiger partial charge in [-0.15, -0.1) is 0 Å². The summed E-state index contributed by atoms with van der Waals surface area (Å²) in [5.74, 6) is -0.317. The van der Waals surface area contributed by atoms with Crippen LogP contribution in [0.1, 0.15) is 19.8 Å². The van der Waals surface area contributed by atoms with Crippen LogP contribution in [0, 0.1) is 5.92 Å². The van der Waals surface area contributed by atoms with Crippen LogP contribution < -0.4 is 15.5 Å². The molecule has 0 aliphatic carbocycles. The molecule has 0 saturated carbocycles. The molecule has 1 aliphatic rings. The minimum atomic E-state index is -0.272. The first-order valence-corrected chi connectivity index (χ1v) is 8.46. The Bertz CT molecular complexity index is 536. The van der Waals surface area contributed by atoms with Crippen molar-refractivity contribution in [1.82, 2.24) is 10.6 Å². The number of hydrogen-bond acceptors (Lipinski definition) is 3. The Labute approximate surface area is 139 Å². The number of nitrogens with zero attached hydrogens (tertiary/aromatic N) is 1. The standard InChI is InChI=1S/C16H22BrN3O2/c1-2-7-18-8-9-19-16(22)12-10-15(21)20(11-12)14-6-4-3-5-13(14)17/h3-6,12,18H,2,7-11H2,1H3,(H,19,22). The first-order chi connectivity index (χ1) is 10.6. The van der Waals surface area contributed by atoms with E-state index in [0.717, 1.165) is 29.7 Å². The summed E-state index contributed by atoms with van der Waals surface area (Å²) in [5.41, 5.74) is 0.826. The van der Waals surface area contributed by atoms with Gasteiger partial charge in [0.1, 0.15) is 0 Å². The number of amides is 2. The smallest absolute Gasteiger partial charge is 0.227 e. The summed E-state index contributed by atoms with van der Waals surface area (Å²) >= 11 is 3.45. The van der Waals surface area contributed by atoms with Crippen molar-refractivity contribution in [2.45, 2.75) is 19.8 Å². The van der Waals surface area contributed by atoms with Crippen LogP contribution in [0.15, 0.2) is 28.7 Å². The van der Waals surface area contributed by atoms with Gasteiger partial charge in [-0.3, -0.25) is 9.59 Å². The number of carbonyl (C=O) groups is 2. The molecule has 0 radical (unpaired) electrons. The minimum absolute atomic E-state index is 0.00356. The topological polar surface area (TPSA) is 61.4 Å². The quantitative estimate of drug-likeness (QED) is 0.723. The SMILES string of the molecule is CCCNCCNC(=O)C1CC(=O)N(c2ccccc2Br)C1. The second-order valence-electron chi connectivity index (χ2n) is 5.40. The Balaban J connectivity index is 1.87. The lowest BCUT2D eigenvalue weighted by atomic mass is 10.1. The molecule has 1 saturated heterocycles. The van der Waals surface area contributed by atoms with Crippen LogP contribution in [0.4, 0.5) is 5.69 Å². The third kappa shape index (κ3) is 4.30. The molecular weight excluding hydrogens is 346 g/mol. The maximum Gasteiger partial charge on any atom is 0.227 e. The molecule has 5 nitrogen and oxygen atoms in total. The average molecular weight is 368 g/mol. The zero-order valence-electron chi connectivity index (χ0n) is 12.8. The lowest BCUT2D eigenvalue weighted by Gasteiger charge is -2.18. The molecule has 1 aliphatic heterocycles. The Morgan fingerprint density at radius 3 is 2.82 bits per heavy atom. The molecule has 1 unspecified atom stereocenters. The van der Waals surface area contributed by atoms with Gasteiger partial charge in [0, 0.05) is 30.5 Å². The predicted octanol–water partition coefficient (Wildman–Crippen LogP) is 1.92. The van der Waals surface area contributed by atoms with E-state index < -0.39 is 0 Å². The maximum atomic E-state index is 12.2. The molecular formula is C16H22BrN3O2. The van der Waals surface area contributed by atoms with E-state index in [1.807, 2.05) is 24.3 Å². The van der Waals surface area contributed by atoms with Gasteiger partial charge in [0.15, 0.2) is 0 Å². The summed E-state index contributed by atoms with van der Waals surface area (Å²) in [6.45, 7) is 4.85. The highest BCUT2D eigenvalue weighted by Gasteiger charge is 2.35. The summed E-state index contributed by atoms with van der Waals surface area (Å²) in [4.78, 5) is 26.0. The first-order valence-electron chi connectivity index (χ1n) is 7.66. The fourth-order valence-corrected chi connectivity index (χ4v) is 3.01. The second kappa shape index (κ2) is 8.29. The van der Waals surface area contributed by atoms with Gasteiger partial charge < -0.3 is 15.5 Å². The molecule has 1 aromatic carbocycles. The molecule has 2 amide bonds. The maximum absolute atomic E-state index is 12.2. The van der Waals surface area contributed by atoms with E-state index in [0.29, 0.717) is 13.1 Å². The molecule has 2 rings (SSSR count). The van der Waals surface area contributed by atoms with Crippen LogP contribution >= 0.6 is 15.9 Å². The van der Waals surface area contributed by atoms with Crippen molar-refractivity contribution in [1.29, 1.82) is 0 Å². The van der Waals surface area contributed by atoms with E-state index in [9.17, 15) is 9.59 Å². The number of anilines is 1. The summed E-state index contributed by atoms with van der Waals surface area (Å²) in [6, 6.07) is 7.58. The molecule has 1 atom stereocenters. The Kier molecular flexibility index (Phi) is 6.39. The molecule has 1 heterocycles. The Hall–Kier alpha value is -1.40. The van der Waals surface area contributed by atoms with E-state index in [4.69, 9.17) is 0 Å². The van der Waals surface area contributed by atoms with Gasteiger partial charge in [0.05, 0.1) is 11.6 Å². The van der Waals surface area contributed by atoms with Crippen molar-refractivity contribution in [3.05, 3.63) is 28.7 Å². The number of halogens is 1. The van der Waals surface area contributed by atoms with Crippen molar-refractivity contribution >= 4 is 33.4 Å². The fourth-order valence-electron chi connectivity index (χ4n) is 2.51. The summed E-state index contributed by atoms with van der Waals surface area (Å²) in [6.07, 6.45) is 1.35. The third-order valence-corrected chi connectivity index (χ3v) is 4.34. The van der Waals surface area contributed by atoms with E-state index in [1.165, 1.54) is 0 Å². The van der Waals surface area contributed by atoms with E-state index >= 15 is 0 Å². The lowest BCUT2D eigenvalue weighted by molar-refractivity contribution is -0.126. The van der Waals surface area contributed by atoms with E-state index in [1.54, 1.807) is 4.90 Å². The minimum Gasteiger partial charge on any atom is -0.355 e. The van der Waals surface area contributed by atoms with Crippen molar-refractivity contribution < 1.29 is 9.59 Å². The van der Waals surface area contributed by atoms with Crippen LogP contribution in [0.25, 0.3) is 0 Å². The number of hydrogen-bond donors (Lipinski definition) is 2. The molecule has 6 heteroatoms. The van der Waals surface area contributed by atoms with Crippen LogP contribution in [-0.4, -0.2) is 38.0 Å². The Morgan fingerprint density at radius 2 is 2.09 bits per heavy atom. The van der Waals surface area contributed by atoms with Gasteiger partial charge in [-0.1, -0.05) is 19.1 Å². The summed E-state index contributed by atoms with van der Waals surface area (Å²) in [7, 11) is 0. The second-order valence-corrected chi connectivity index (χ2v) is 6.25. The van der Waals surface area contributed by atoms with Crippen molar-refractivity contribution in [2.75, 3.05) is 31.1 Å². The summed E-state index contributed by atoms with van der Waals surface area (Å²) in [5, 5.41) is 6.13. The van der Waals surface area contributed by atoms with E-state index in [2.05, 4.69) is 33.5 Å². The number of benzene rings is 1. The normalized spacial score (nSPS) is 17.8. The van der Waals surface area contributed by atoms with Gasteiger partial charge in [-0.25, -0.2) is 0 Å². The van der Waals surface area contributed by atoms with Gasteiger partial charge in [0.2, 0.25) is 11.8 Å². The monoisotopic (exact) mass is 367 g/mol. The molecule has 22 heavy (non-hydrogen) atoms. The number of rotatable bonds is 7. The van der Waals surface area contributed by atoms with Crippen molar-refractivity contribution in [2.24, 2.45) is 5.92 Å². The van der Waals surface area contributed by atoms with Crippen LogP contribution in [-0.2, 0) is 9.59 Å². The number of para-hydroxylation sites is 1. The largest absolute Gasteiger partial charge is 0.355 e. The average Bonchev–Trinajstić information content (AvgIpc) is 2.89. The predicted molar refractivity (Wildman–Crippen MR) is 90.8 cm³/mol. The molecule has 1 aromatic rings. The van der Waals surface area contributed by atoms with Crippen molar-refractivity contribution in [3.8, 4) is 0 Å². The molecule has 120 valence electrons. The highest BCUT2D eigenvalue weighted by atomic mass is 79.9. The van der Waals surface area contributed by atoms with E-state index in [-0.39, 0.29) is 24.2 Å². The molecule has 0 aromatic heterocycles. The van der Waals surface area contributed by atoms with Crippen LogP contribution in [0.5, 0.6) is 0 Å². The molecule has 0 spiro atoms. The van der Waals surface area contributed by atoms with Crippen LogP contribution in [0.3, 0.4) is 0 Å². The molecule has 1 fully saturated rings. The van der Waals surface area contributed by atoms with Gasteiger partial charge >= 0.3 is 0 Å². The van der Waals surface area contributed by atoms with Crippen molar-refractivity contribution in [3.63, 3.8) is 0 Å². The summed E-state index contributed by atoms with van der Waals surface area (Å²) < 4.78 is 0.869. The first kappa shape index (κ1) is 17.0. The van der Waals surface area contributed by atoms with Gasteiger partial charge in [0.25, 0.3) is 0 Å². The van der Waals surface area contributed by atoms with Gasteiger partial charge in [-0.2, -0.15) is 0 Å². The Morgan fingerprint density at radius 1 is 1.32 bits per heavy atom. The molecule has 2 N–H and O–H groups in total. The zero-order valence-corrected chi connectivity index (χ0v) is 14.4. The number of nitrogens with one attached hydrogen (secondary N) is 2. The number of carbonyl (C=O) groups excluding carboxylic acids is 2. The zero-order chi connectivity index (χ0) is 15.9.